The molecule has 1 N–H and O–H groups in total. The second-order valence-corrected chi connectivity index (χ2v) is 7.77. The monoisotopic (exact) mass is 449 g/mol. The molecule has 1 aliphatic heterocycles. The van der Waals surface area contributed by atoms with Gasteiger partial charge in [0, 0.05) is 16.7 Å². The number of methoxy groups -OCH3 is 1. The zero-order chi connectivity index (χ0) is 21.1. The average molecular weight is 450 g/mol. The van der Waals surface area contributed by atoms with Crippen molar-refractivity contribution in [2.24, 2.45) is 0 Å². The molecule has 2 aromatic carbocycles. The molecule has 29 heavy (non-hydrogen) atoms. The van der Waals surface area contributed by atoms with Crippen LogP contribution in [0.25, 0.3) is 6.08 Å². The van der Waals surface area contributed by atoms with E-state index in [0.29, 0.717) is 16.1 Å². The Balaban J connectivity index is 1.81. The molecule has 8 nitrogen and oxygen atoms in total. The summed E-state index contributed by atoms with van der Waals surface area (Å²) >= 11 is 11.9. The third kappa shape index (κ3) is 4.56. The first-order chi connectivity index (χ1) is 13.8. The van der Waals surface area contributed by atoms with Gasteiger partial charge in [-0.2, -0.15) is 5.01 Å². The van der Waals surface area contributed by atoms with Gasteiger partial charge in [-0.25, -0.2) is 0 Å². The van der Waals surface area contributed by atoms with Gasteiger partial charge in [-0.15, -0.1) is 0 Å². The van der Waals surface area contributed by atoms with E-state index in [2.05, 4.69) is 5.43 Å². The van der Waals surface area contributed by atoms with Crippen molar-refractivity contribution in [2.75, 3.05) is 7.11 Å². The first-order valence-electron chi connectivity index (χ1n) is 7.97. The average Bonchev–Trinajstić information content (AvgIpc) is 2.95. The van der Waals surface area contributed by atoms with E-state index < -0.39 is 16.7 Å². The molecule has 0 aliphatic carbocycles. The topological polar surface area (TPSA) is 102 Å². The van der Waals surface area contributed by atoms with Crippen molar-refractivity contribution in [3.8, 4) is 5.75 Å². The van der Waals surface area contributed by atoms with Crippen molar-refractivity contribution in [1.82, 2.24) is 10.4 Å². The SMILES string of the molecule is COc1ccc(/C=C2\SC(=S)N(NC(=O)c3ccc(Cl)cc3)C2=O)cc1[N+](=O)[O-]. The molecule has 0 unspecified atom stereocenters. The summed E-state index contributed by atoms with van der Waals surface area (Å²) in [4.78, 5) is 35.8. The summed E-state index contributed by atoms with van der Waals surface area (Å²) < 4.78 is 5.09. The number of nitrogens with one attached hydrogen (secondary N) is 1. The summed E-state index contributed by atoms with van der Waals surface area (Å²) in [5, 5.41) is 12.6. The zero-order valence-electron chi connectivity index (χ0n) is 14.7. The van der Waals surface area contributed by atoms with Crippen LogP contribution in [0.3, 0.4) is 0 Å². The Labute approximate surface area is 179 Å². The number of carbonyl (C=O) groups is 2. The van der Waals surface area contributed by atoms with Gasteiger partial charge in [-0.05, 0) is 54.2 Å². The van der Waals surface area contributed by atoms with Crippen molar-refractivity contribution in [3.05, 3.63) is 73.6 Å². The Morgan fingerprint density at radius 2 is 2.00 bits per heavy atom. The Kier molecular flexibility index (Phi) is 6.16. The minimum Gasteiger partial charge on any atom is -0.490 e. The normalized spacial score (nSPS) is 15.0. The zero-order valence-corrected chi connectivity index (χ0v) is 17.1. The largest absolute Gasteiger partial charge is 0.490 e. The number of hydrazine groups is 1. The van der Waals surface area contributed by atoms with Crippen LogP contribution in [0.1, 0.15) is 15.9 Å². The first kappa shape index (κ1) is 20.8. The summed E-state index contributed by atoms with van der Waals surface area (Å²) in [5.74, 6) is -0.963. The quantitative estimate of drug-likeness (QED) is 0.320. The van der Waals surface area contributed by atoms with Crippen LogP contribution in [-0.4, -0.2) is 33.2 Å². The van der Waals surface area contributed by atoms with Crippen LogP contribution in [0.2, 0.25) is 5.02 Å². The van der Waals surface area contributed by atoms with Crippen LogP contribution in [0.15, 0.2) is 47.4 Å². The van der Waals surface area contributed by atoms with Crippen molar-refractivity contribution < 1.29 is 19.2 Å². The predicted molar refractivity (Wildman–Crippen MR) is 114 cm³/mol. The smallest absolute Gasteiger partial charge is 0.311 e. The van der Waals surface area contributed by atoms with Crippen molar-refractivity contribution >= 4 is 63.5 Å². The molecule has 0 saturated carbocycles. The second-order valence-electron chi connectivity index (χ2n) is 5.65. The van der Waals surface area contributed by atoms with E-state index in [4.69, 9.17) is 28.6 Å². The highest BCUT2D eigenvalue weighted by Gasteiger charge is 2.34. The van der Waals surface area contributed by atoms with Gasteiger partial charge in [0.1, 0.15) is 0 Å². The third-order valence-corrected chi connectivity index (χ3v) is 5.36. The molecule has 0 bridgehead atoms. The molecule has 1 fully saturated rings. The number of nitro benzene ring substituents is 1. The lowest BCUT2D eigenvalue weighted by atomic mass is 10.1. The Morgan fingerprint density at radius 3 is 2.62 bits per heavy atom. The molecule has 1 heterocycles. The number of ether oxygens (including phenoxy) is 1. The van der Waals surface area contributed by atoms with Crippen molar-refractivity contribution in [1.29, 1.82) is 0 Å². The molecule has 0 aromatic heterocycles. The van der Waals surface area contributed by atoms with Gasteiger partial charge in [0.2, 0.25) is 0 Å². The highest BCUT2D eigenvalue weighted by atomic mass is 35.5. The van der Waals surface area contributed by atoms with Gasteiger partial charge in [-0.3, -0.25) is 25.1 Å². The maximum Gasteiger partial charge on any atom is 0.311 e. The lowest BCUT2D eigenvalue weighted by Gasteiger charge is -2.15. The molecule has 0 spiro atoms. The molecule has 1 saturated heterocycles. The van der Waals surface area contributed by atoms with E-state index in [9.17, 15) is 19.7 Å². The predicted octanol–water partition coefficient (Wildman–Crippen LogP) is 3.80. The number of thioether (sulfide) groups is 1. The van der Waals surface area contributed by atoms with Gasteiger partial charge in [0.05, 0.1) is 16.9 Å². The number of carbonyl (C=O) groups excluding carboxylic acids is 2. The molecule has 11 heteroatoms. The molecule has 2 aromatic rings. The third-order valence-electron chi connectivity index (χ3n) is 3.81. The Bertz CT molecular complexity index is 1060. The number of hydrogen-bond donors (Lipinski definition) is 1. The minimum atomic E-state index is -0.576. The molecule has 0 radical (unpaired) electrons. The van der Waals surface area contributed by atoms with E-state index in [1.54, 1.807) is 18.2 Å². The lowest BCUT2D eigenvalue weighted by Crippen LogP contribution is -2.44. The maximum absolute atomic E-state index is 12.6. The highest BCUT2D eigenvalue weighted by molar-refractivity contribution is 8.26. The molecule has 2 amide bonds. The number of thiocarbonyl (C=S) groups is 1. The van der Waals surface area contributed by atoms with Crippen LogP contribution >= 0.6 is 35.6 Å². The number of rotatable bonds is 5. The molecular weight excluding hydrogens is 438 g/mol. The Morgan fingerprint density at radius 1 is 1.31 bits per heavy atom. The van der Waals surface area contributed by atoms with Gasteiger partial charge in [0.25, 0.3) is 11.8 Å². The fourth-order valence-electron chi connectivity index (χ4n) is 2.42. The fourth-order valence-corrected chi connectivity index (χ4v) is 3.73. The number of halogens is 1. The fraction of sp³-hybridized carbons (Fsp3) is 0.0556. The molecule has 0 atom stereocenters. The molecule has 148 valence electrons. The van der Waals surface area contributed by atoms with Crippen molar-refractivity contribution in [3.63, 3.8) is 0 Å². The minimum absolute atomic E-state index is 0.106. The molecular formula is C18H12ClN3O5S2. The van der Waals surface area contributed by atoms with E-state index in [1.165, 1.54) is 37.5 Å². The summed E-state index contributed by atoms with van der Waals surface area (Å²) in [7, 11) is 1.33. The van der Waals surface area contributed by atoms with Gasteiger partial charge < -0.3 is 4.74 Å². The summed E-state index contributed by atoms with van der Waals surface area (Å²) in [6.07, 6.45) is 1.46. The maximum atomic E-state index is 12.6. The number of hydrogen-bond acceptors (Lipinski definition) is 7. The summed E-state index contributed by atoms with van der Waals surface area (Å²) in [6.45, 7) is 0. The number of nitrogens with zero attached hydrogens (tertiary/aromatic N) is 2. The second kappa shape index (κ2) is 8.60. The molecule has 3 rings (SSSR count). The van der Waals surface area contributed by atoms with E-state index >= 15 is 0 Å². The van der Waals surface area contributed by atoms with Crippen LogP contribution in [0.5, 0.6) is 5.75 Å². The lowest BCUT2D eigenvalue weighted by molar-refractivity contribution is -0.385. The first-order valence-corrected chi connectivity index (χ1v) is 9.57. The van der Waals surface area contributed by atoms with E-state index in [1.807, 2.05) is 0 Å². The molecule has 1 aliphatic rings. The standard InChI is InChI=1S/C18H12ClN3O5S2/c1-27-14-7-2-10(8-13(14)22(25)26)9-15-17(24)21(18(28)29-15)20-16(23)11-3-5-12(19)6-4-11/h2-9H,1H3,(H,20,23)/b15-9-. The van der Waals surface area contributed by atoms with Crippen molar-refractivity contribution in [2.45, 2.75) is 0 Å². The van der Waals surface area contributed by atoms with Gasteiger partial charge in [-0.1, -0.05) is 29.4 Å². The highest BCUT2D eigenvalue weighted by Crippen LogP contribution is 2.34. The van der Waals surface area contributed by atoms with Crippen LogP contribution in [0.4, 0.5) is 5.69 Å². The summed E-state index contributed by atoms with van der Waals surface area (Å²) in [5.41, 5.74) is 2.94. The number of nitro groups is 1. The van der Waals surface area contributed by atoms with Crippen LogP contribution < -0.4 is 10.2 Å². The number of amides is 2. The number of benzene rings is 2. The van der Waals surface area contributed by atoms with Gasteiger partial charge >= 0.3 is 5.69 Å². The van der Waals surface area contributed by atoms with Gasteiger partial charge in [0.15, 0.2) is 10.1 Å². The summed E-state index contributed by atoms with van der Waals surface area (Å²) in [6, 6.07) is 10.4. The van der Waals surface area contributed by atoms with E-state index in [-0.39, 0.29) is 20.7 Å². The van der Waals surface area contributed by atoms with Crippen LogP contribution in [-0.2, 0) is 4.79 Å². The van der Waals surface area contributed by atoms with E-state index in [0.717, 1.165) is 16.8 Å². The van der Waals surface area contributed by atoms with Crippen LogP contribution in [0, 0.1) is 10.1 Å². The Hall–Kier alpha value is -2.95.